The van der Waals surface area contributed by atoms with E-state index in [1.807, 2.05) is 17.9 Å². The molecule has 1 radical (unpaired) electrons. The van der Waals surface area contributed by atoms with Crippen molar-refractivity contribution in [3.63, 3.8) is 0 Å². The second-order valence-electron chi connectivity index (χ2n) is 1.33. The Morgan fingerprint density at radius 3 is 3.12 bits per heavy atom. The highest BCUT2D eigenvalue weighted by Crippen LogP contribution is 2.01. The summed E-state index contributed by atoms with van der Waals surface area (Å²) in [6.07, 6.45) is 3.60. The fourth-order valence-corrected chi connectivity index (χ4v) is 0.933. The van der Waals surface area contributed by atoms with Crippen molar-refractivity contribution in [1.82, 2.24) is 4.37 Å². The van der Waals surface area contributed by atoms with Gasteiger partial charge in [0.05, 0.1) is 5.69 Å². The van der Waals surface area contributed by atoms with Crippen LogP contribution in [0.3, 0.4) is 0 Å². The van der Waals surface area contributed by atoms with E-state index in [1.54, 1.807) is 6.08 Å². The predicted octanol–water partition coefficient (Wildman–Crippen LogP) is 1.88. The molecule has 2 heteroatoms. The van der Waals surface area contributed by atoms with E-state index in [0.717, 1.165) is 5.69 Å². The van der Waals surface area contributed by atoms with Crippen molar-refractivity contribution in [2.75, 3.05) is 0 Å². The van der Waals surface area contributed by atoms with Gasteiger partial charge in [0.15, 0.2) is 0 Å². The van der Waals surface area contributed by atoms with Crippen LogP contribution in [0.2, 0.25) is 0 Å². The standard InChI is InChI=1S/C6H6NS/c1-2-3-6-4-5-8-7-6/h2-5H,1H2. The average molecular weight is 124 g/mol. The molecule has 1 aromatic heterocycles. The largest absolute Gasteiger partial charge is 0.197 e. The Hall–Kier alpha value is -0.630. The molecule has 0 aliphatic carbocycles. The highest BCUT2D eigenvalue weighted by molar-refractivity contribution is 7.03. The van der Waals surface area contributed by atoms with Crippen molar-refractivity contribution >= 4 is 11.5 Å². The number of hydrogen-bond acceptors (Lipinski definition) is 2. The van der Waals surface area contributed by atoms with Crippen LogP contribution < -0.4 is 0 Å². The van der Waals surface area contributed by atoms with E-state index in [9.17, 15) is 0 Å². The van der Waals surface area contributed by atoms with Gasteiger partial charge in [-0.1, -0.05) is 6.08 Å². The fraction of sp³-hybridized carbons (Fsp3) is 0. The summed E-state index contributed by atoms with van der Waals surface area (Å²) < 4.78 is 4.02. The molecule has 0 aromatic carbocycles. The van der Waals surface area contributed by atoms with Crippen LogP contribution in [0.1, 0.15) is 5.69 Å². The van der Waals surface area contributed by atoms with Crippen molar-refractivity contribution in [1.29, 1.82) is 0 Å². The van der Waals surface area contributed by atoms with Gasteiger partial charge in [0.2, 0.25) is 0 Å². The van der Waals surface area contributed by atoms with Gasteiger partial charge in [-0.25, -0.2) is 0 Å². The van der Waals surface area contributed by atoms with Crippen LogP contribution in [0.5, 0.6) is 0 Å². The van der Waals surface area contributed by atoms with Crippen molar-refractivity contribution in [2.24, 2.45) is 0 Å². The van der Waals surface area contributed by atoms with E-state index in [2.05, 4.69) is 11.0 Å². The van der Waals surface area contributed by atoms with E-state index in [4.69, 9.17) is 0 Å². The first-order chi connectivity index (χ1) is 3.93. The zero-order chi connectivity index (χ0) is 5.82. The molecule has 0 aliphatic heterocycles. The molecule has 0 saturated carbocycles. The normalized spacial score (nSPS) is 9.00. The van der Waals surface area contributed by atoms with Crippen LogP contribution in [0, 0.1) is 6.42 Å². The van der Waals surface area contributed by atoms with E-state index < -0.39 is 0 Å². The van der Waals surface area contributed by atoms with Crippen LogP contribution in [-0.2, 0) is 0 Å². The van der Waals surface area contributed by atoms with Gasteiger partial charge in [0.1, 0.15) is 0 Å². The SMILES string of the molecule is C=C[CH]c1ccsn1. The van der Waals surface area contributed by atoms with Gasteiger partial charge < -0.3 is 0 Å². The summed E-state index contributed by atoms with van der Waals surface area (Å²) in [7, 11) is 0. The van der Waals surface area contributed by atoms with Crippen molar-refractivity contribution in [2.45, 2.75) is 0 Å². The summed E-state index contributed by atoms with van der Waals surface area (Å²) in [5, 5.41) is 1.94. The molecule has 1 heterocycles. The third-order valence-corrected chi connectivity index (χ3v) is 1.32. The molecule has 1 aromatic rings. The van der Waals surface area contributed by atoms with Crippen molar-refractivity contribution in [3.8, 4) is 0 Å². The lowest BCUT2D eigenvalue weighted by atomic mass is 10.3. The number of rotatable bonds is 2. The Morgan fingerprint density at radius 1 is 1.75 bits per heavy atom. The molecule has 41 valence electrons. The quantitative estimate of drug-likeness (QED) is 0.586. The number of hydrogen-bond donors (Lipinski definition) is 0. The third kappa shape index (κ3) is 1.17. The Bertz CT molecular complexity index is 155. The molecular formula is C6H6NS. The zero-order valence-corrected chi connectivity index (χ0v) is 5.19. The lowest BCUT2D eigenvalue weighted by Gasteiger charge is -1.79. The number of aromatic nitrogens is 1. The molecule has 0 bridgehead atoms. The highest BCUT2D eigenvalue weighted by atomic mass is 32.1. The van der Waals surface area contributed by atoms with Crippen LogP contribution in [0.25, 0.3) is 0 Å². The monoisotopic (exact) mass is 124 g/mol. The minimum atomic E-state index is 0.991. The Labute approximate surface area is 52.8 Å². The third-order valence-electron chi connectivity index (χ3n) is 0.746. The number of nitrogens with zero attached hydrogens (tertiary/aromatic N) is 1. The summed E-state index contributed by atoms with van der Waals surface area (Å²) in [4.78, 5) is 0. The maximum Gasteiger partial charge on any atom is 0.0620 e. The second-order valence-corrected chi connectivity index (χ2v) is 1.99. The first-order valence-electron chi connectivity index (χ1n) is 2.29. The summed E-state index contributed by atoms with van der Waals surface area (Å²) in [5.74, 6) is 0. The maximum atomic E-state index is 4.02. The van der Waals surface area contributed by atoms with Gasteiger partial charge in [0.25, 0.3) is 0 Å². The average Bonchev–Trinajstić information content (AvgIpc) is 2.19. The molecular weight excluding hydrogens is 118 g/mol. The van der Waals surface area contributed by atoms with Gasteiger partial charge in [-0.2, -0.15) is 4.37 Å². The predicted molar refractivity (Wildman–Crippen MR) is 35.7 cm³/mol. The molecule has 1 nitrogen and oxygen atoms in total. The Morgan fingerprint density at radius 2 is 2.62 bits per heavy atom. The van der Waals surface area contributed by atoms with Crippen LogP contribution >= 0.6 is 11.5 Å². The second kappa shape index (κ2) is 2.62. The lowest BCUT2D eigenvalue weighted by Crippen LogP contribution is -1.71. The maximum absolute atomic E-state index is 4.02. The van der Waals surface area contributed by atoms with Crippen LogP contribution in [-0.4, -0.2) is 4.37 Å². The molecule has 1 rings (SSSR count). The van der Waals surface area contributed by atoms with E-state index in [-0.39, 0.29) is 0 Å². The molecule has 0 amide bonds. The summed E-state index contributed by atoms with van der Waals surface area (Å²) in [5.41, 5.74) is 0.991. The topological polar surface area (TPSA) is 12.9 Å². The zero-order valence-electron chi connectivity index (χ0n) is 4.37. The Kier molecular flexibility index (Phi) is 1.80. The van der Waals surface area contributed by atoms with E-state index >= 15 is 0 Å². The molecule has 0 N–H and O–H groups in total. The molecule has 0 aliphatic rings. The van der Waals surface area contributed by atoms with Gasteiger partial charge in [-0.05, 0) is 17.6 Å². The lowest BCUT2D eigenvalue weighted by molar-refractivity contribution is 1.40. The van der Waals surface area contributed by atoms with E-state index in [0.29, 0.717) is 0 Å². The number of allylic oxidation sites excluding steroid dienone is 1. The van der Waals surface area contributed by atoms with E-state index in [1.165, 1.54) is 11.5 Å². The van der Waals surface area contributed by atoms with Crippen LogP contribution in [0.15, 0.2) is 24.1 Å². The minimum Gasteiger partial charge on any atom is -0.197 e. The van der Waals surface area contributed by atoms with Crippen molar-refractivity contribution in [3.05, 3.63) is 36.2 Å². The summed E-state index contributed by atoms with van der Waals surface area (Å²) in [6.45, 7) is 3.54. The molecule has 0 spiro atoms. The van der Waals surface area contributed by atoms with Gasteiger partial charge in [-0.15, -0.1) is 6.58 Å². The fourth-order valence-electron chi connectivity index (χ4n) is 0.429. The molecule has 8 heavy (non-hydrogen) atoms. The van der Waals surface area contributed by atoms with Gasteiger partial charge in [0, 0.05) is 11.8 Å². The molecule has 0 saturated heterocycles. The minimum absolute atomic E-state index is 0.991. The molecule has 0 atom stereocenters. The van der Waals surface area contributed by atoms with Crippen molar-refractivity contribution < 1.29 is 0 Å². The Balaban J connectivity index is 2.62. The van der Waals surface area contributed by atoms with Crippen LogP contribution in [0.4, 0.5) is 0 Å². The first kappa shape index (κ1) is 5.51. The van der Waals surface area contributed by atoms with Gasteiger partial charge in [-0.3, -0.25) is 0 Å². The molecule has 0 unspecified atom stereocenters. The first-order valence-corrected chi connectivity index (χ1v) is 3.13. The molecule has 0 fully saturated rings. The smallest absolute Gasteiger partial charge is 0.0620 e. The van der Waals surface area contributed by atoms with Gasteiger partial charge >= 0.3 is 0 Å². The summed E-state index contributed by atoms with van der Waals surface area (Å²) >= 11 is 1.45. The summed E-state index contributed by atoms with van der Waals surface area (Å²) in [6, 6.07) is 1.95. The highest BCUT2D eigenvalue weighted by Gasteiger charge is 1.87.